The number of hydrogen-bond donors (Lipinski definition) is 0. The second kappa shape index (κ2) is 4.18. The van der Waals surface area contributed by atoms with E-state index in [4.69, 9.17) is 0 Å². The number of nitrogens with zero attached hydrogens (tertiary/aromatic N) is 3. The van der Waals surface area contributed by atoms with Crippen LogP contribution < -0.4 is 4.90 Å². The Morgan fingerprint density at radius 3 is 3.00 bits per heavy atom. The highest BCUT2D eigenvalue weighted by atomic mass is 79.9. The Balaban J connectivity index is 1.84. The van der Waals surface area contributed by atoms with Crippen LogP contribution in [0.2, 0.25) is 0 Å². The van der Waals surface area contributed by atoms with Gasteiger partial charge < -0.3 is 4.90 Å². The number of halogens is 1. The van der Waals surface area contributed by atoms with Crippen LogP contribution in [0, 0.1) is 0 Å². The predicted molar refractivity (Wildman–Crippen MR) is 72.1 cm³/mol. The first-order chi connectivity index (χ1) is 8.22. The van der Waals surface area contributed by atoms with E-state index in [2.05, 4.69) is 50.2 Å². The van der Waals surface area contributed by atoms with Gasteiger partial charge in [-0.05, 0) is 36.2 Å². The van der Waals surface area contributed by atoms with Crippen molar-refractivity contribution < 1.29 is 0 Å². The molecule has 0 bridgehead atoms. The van der Waals surface area contributed by atoms with Crippen molar-refractivity contribution in [3.63, 3.8) is 0 Å². The smallest absolute Gasteiger partial charge is 0.0817 e. The Bertz CT molecular complexity index is 547. The molecule has 3 nitrogen and oxygen atoms in total. The molecule has 4 heteroatoms. The molecule has 0 N–H and O–H groups in total. The van der Waals surface area contributed by atoms with Gasteiger partial charge in [0.2, 0.25) is 0 Å². The van der Waals surface area contributed by atoms with Gasteiger partial charge in [-0.2, -0.15) is 5.10 Å². The average molecular weight is 292 g/mol. The molecule has 17 heavy (non-hydrogen) atoms. The van der Waals surface area contributed by atoms with Gasteiger partial charge in [-0.1, -0.05) is 15.9 Å². The zero-order valence-electron chi connectivity index (χ0n) is 9.73. The number of anilines is 1. The maximum absolute atomic E-state index is 4.43. The number of benzene rings is 1. The minimum Gasteiger partial charge on any atom is -0.365 e. The third kappa shape index (κ3) is 2.09. The monoisotopic (exact) mass is 291 g/mol. The largest absolute Gasteiger partial charge is 0.365 e. The van der Waals surface area contributed by atoms with E-state index in [1.807, 2.05) is 17.9 Å². The molecule has 0 amide bonds. The molecular formula is C13H14BrN3. The molecule has 1 aromatic carbocycles. The Labute approximate surface area is 109 Å². The van der Waals surface area contributed by atoms with Crippen molar-refractivity contribution >= 4 is 21.6 Å². The van der Waals surface area contributed by atoms with Crippen LogP contribution in [-0.2, 0) is 20.0 Å². The average Bonchev–Trinajstić information content (AvgIpc) is 2.86. The summed E-state index contributed by atoms with van der Waals surface area (Å²) in [7, 11) is 1.96. The first-order valence-corrected chi connectivity index (χ1v) is 6.53. The summed E-state index contributed by atoms with van der Waals surface area (Å²) in [5.74, 6) is 0. The molecule has 0 spiro atoms. The molecule has 0 saturated heterocycles. The lowest BCUT2D eigenvalue weighted by Gasteiger charge is -2.17. The molecule has 0 saturated carbocycles. The molecule has 0 fully saturated rings. The van der Waals surface area contributed by atoms with Crippen molar-refractivity contribution in [3.8, 4) is 0 Å². The summed E-state index contributed by atoms with van der Waals surface area (Å²) in [4.78, 5) is 2.39. The second-order valence-corrected chi connectivity index (χ2v) is 5.34. The maximum Gasteiger partial charge on any atom is 0.0817 e. The fourth-order valence-electron chi connectivity index (χ4n) is 2.35. The normalized spacial score (nSPS) is 14.1. The highest BCUT2D eigenvalue weighted by molar-refractivity contribution is 9.10. The third-order valence-electron chi connectivity index (χ3n) is 3.15. The van der Waals surface area contributed by atoms with Gasteiger partial charge in [0.15, 0.2) is 0 Å². The Kier molecular flexibility index (Phi) is 2.67. The van der Waals surface area contributed by atoms with Crippen LogP contribution in [0.1, 0.15) is 11.3 Å². The third-order valence-corrected chi connectivity index (χ3v) is 3.65. The van der Waals surface area contributed by atoms with Gasteiger partial charge >= 0.3 is 0 Å². The van der Waals surface area contributed by atoms with Crippen LogP contribution in [0.3, 0.4) is 0 Å². The van der Waals surface area contributed by atoms with E-state index in [-0.39, 0.29) is 0 Å². The zero-order valence-corrected chi connectivity index (χ0v) is 11.3. The van der Waals surface area contributed by atoms with E-state index in [9.17, 15) is 0 Å². The topological polar surface area (TPSA) is 21.1 Å². The first kappa shape index (κ1) is 10.8. The van der Waals surface area contributed by atoms with E-state index in [0.29, 0.717) is 0 Å². The van der Waals surface area contributed by atoms with Gasteiger partial charge in [0, 0.05) is 29.9 Å². The van der Waals surface area contributed by atoms with Crippen molar-refractivity contribution in [2.24, 2.45) is 7.05 Å². The lowest BCUT2D eigenvalue weighted by atomic mass is 10.2. The molecule has 0 unspecified atom stereocenters. The van der Waals surface area contributed by atoms with Gasteiger partial charge in [-0.15, -0.1) is 0 Å². The first-order valence-electron chi connectivity index (χ1n) is 5.74. The summed E-state index contributed by atoms with van der Waals surface area (Å²) < 4.78 is 3.02. The fraction of sp³-hybridized carbons (Fsp3) is 0.308. The quantitative estimate of drug-likeness (QED) is 0.848. The predicted octanol–water partition coefficient (Wildman–Crippen LogP) is 2.75. The molecule has 1 aliphatic heterocycles. The molecule has 2 heterocycles. The Hall–Kier alpha value is -1.29. The Morgan fingerprint density at radius 1 is 1.35 bits per heavy atom. The number of rotatable bonds is 2. The number of aryl methyl sites for hydroxylation is 1. The molecular weight excluding hydrogens is 278 g/mol. The van der Waals surface area contributed by atoms with E-state index in [0.717, 1.165) is 29.7 Å². The summed E-state index contributed by atoms with van der Waals surface area (Å²) in [5, 5.41) is 4.43. The fourth-order valence-corrected chi connectivity index (χ4v) is 2.75. The number of hydrogen-bond acceptors (Lipinski definition) is 2. The van der Waals surface area contributed by atoms with Crippen LogP contribution >= 0.6 is 15.9 Å². The number of fused-ring (bicyclic) bond motifs is 1. The SMILES string of the molecule is Cn1ccc(CN2CCc3cc(Br)ccc32)n1. The van der Waals surface area contributed by atoms with Crippen molar-refractivity contribution in [3.05, 3.63) is 46.2 Å². The van der Waals surface area contributed by atoms with E-state index < -0.39 is 0 Å². The van der Waals surface area contributed by atoms with Gasteiger partial charge in [0.1, 0.15) is 0 Å². The molecule has 88 valence electrons. The van der Waals surface area contributed by atoms with Crippen molar-refractivity contribution in [1.82, 2.24) is 9.78 Å². The van der Waals surface area contributed by atoms with Gasteiger partial charge in [0.25, 0.3) is 0 Å². The van der Waals surface area contributed by atoms with Gasteiger partial charge in [-0.25, -0.2) is 0 Å². The van der Waals surface area contributed by atoms with Crippen LogP contribution in [0.25, 0.3) is 0 Å². The van der Waals surface area contributed by atoms with E-state index in [1.54, 1.807) is 0 Å². The number of aromatic nitrogens is 2. The lowest BCUT2D eigenvalue weighted by Crippen LogP contribution is -2.20. The standard InChI is InChI=1S/C13H14BrN3/c1-16-6-5-12(15-16)9-17-7-4-10-8-11(14)2-3-13(10)17/h2-3,5-6,8H,4,7,9H2,1H3. The lowest BCUT2D eigenvalue weighted by molar-refractivity contribution is 0.725. The van der Waals surface area contributed by atoms with E-state index >= 15 is 0 Å². The van der Waals surface area contributed by atoms with Gasteiger partial charge in [-0.3, -0.25) is 4.68 Å². The maximum atomic E-state index is 4.43. The van der Waals surface area contributed by atoms with Crippen molar-refractivity contribution in [1.29, 1.82) is 0 Å². The summed E-state index contributed by atoms with van der Waals surface area (Å²) in [6.07, 6.45) is 3.12. The highest BCUT2D eigenvalue weighted by Gasteiger charge is 2.19. The summed E-state index contributed by atoms with van der Waals surface area (Å²) in [6, 6.07) is 8.59. The van der Waals surface area contributed by atoms with Crippen LogP contribution in [0.4, 0.5) is 5.69 Å². The summed E-state index contributed by atoms with van der Waals surface area (Å²) in [5.41, 5.74) is 3.90. The molecule has 2 aromatic rings. The zero-order chi connectivity index (χ0) is 11.8. The molecule has 1 aromatic heterocycles. The molecule has 0 atom stereocenters. The molecule has 0 aliphatic carbocycles. The molecule has 0 radical (unpaired) electrons. The Morgan fingerprint density at radius 2 is 2.24 bits per heavy atom. The molecule has 1 aliphatic rings. The van der Waals surface area contributed by atoms with Gasteiger partial charge in [0.05, 0.1) is 12.2 Å². The van der Waals surface area contributed by atoms with Crippen LogP contribution in [-0.4, -0.2) is 16.3 Å². The summed E-state index contributed by atoms with van der Waals surface area (Å²) in [6.45, 7) is 1.98. The minimum atomic E-state index is 0.898. The highest BCUT2D eigenvalue weighted by Crippen LogP contribution is 2.31. The second-order valence-electron chi connectivity index (χ2n) is 4.43. The van der Waals surface area contributed by atoms with Crippen molar-refractivity contribution in [2.45, 2.75) is 13.0 Å². The summed E-state index contributed by atoms with van der Waals surface area (Å²) >= 11 is 3.52. The van der Waals surface area contributed by atoms with Crippen LogP contribution in [0.15, 0.2) is 34.9 Å². The van der Waals surface area contributed by atoms with Crippen LogP contribution in [0.5, 0.6) is 0 Å². The van der Waals surface area contributed by atoms with Crippen molar-refractivity contribution in [2.75, 3.05) is 11.4 Å². The molecule has 3 rings (SSSR count). The minimum absolute atomic E-state index is 0.898. The van der Waals surface area contributed by atoms with E-state index in [1.165, 1.54) is 11.3 Å².